The lowest BCUT2D eigenvalue weighted by atomic mass is 10.6. The lowest BCUT2D eigenvalue weighted by Gasteiger charge is -2.00. The van der Waals surface area contributed by atoms with Gasteiger partial charge in [0, 0.05) is 12.4 Å². The molecular weight excluding hydrogens is 146 g/mol. The maximum Gasteiger partial charge on any atom is 0.105 e. The summed E-state index contributed by atoms with van der Waals surface area (Å²) in [5, 5.41) is 0. The van der Waals surface area contributed by atoms with Gasteiger partial charge in [-0.05, 0) is 6.92 Å². The lowest BCUT2D eigenvalue weighted by molar-refractivity contribution is 0.809. The Morgan fingerprint density at radius 2 is 2.60 bits per heavy atom. The molecule has 3 nitrogen and oxygen atoms in total. The summed E-state index contributed by atoms with van der Waals surface area (Å²) < 4.78 is 1.91. The highest BCUT2D eigenvalue weighted by atomic mass is 32.1. The second-order valence-electron chi connectivity index (χ2n) is 2.07. The lowest BCUT2D eigenvalue weighted by Crippen LogP contribution is -2.16. The summed E-state index contributed by atoms with van der Waals surface area (Å²) >= 11 is 4.73. The molecule has 0 saturated carbocycles. The van der Waals surface area contributed by atoms with Crippen molar-refractivity contribution >= 4 is 17.2 Å². The second kappa shape index (κ2) is 2.79. The molecule has 0 aliphatic rings. The van der Waals surface area contributed by atoms with Crippen molar-refractivity contribution in [3.05, 3.63) is 18.2 Å². The number of nitrogens with two attached hydrogens (primary N) is 1. The molecule has 0 saturated heterocycles. The highest BCUT2D eigenvalue weighted by Gasteiger charge is 1.95. The molecule has 0 radical (unpaired) electrons. The maximum absolute atomic E-state index is 5.34. The zero-order chi connectivity index (χ0) is 7.56. The number of thiocarbonyl (C=S) groups is 1. The zero-order valence-electron chi connectivity index (χ0n) is 5.74. The molecular formula is C6H9N3S. The fraction of sp³-hybridized carbons (Fsp3) is 0.333. The van der Waals surface area contributed by atoms with E-state index in [1.807, 2.05) is 17.7 Å². The molecule has 0 aromatic carbocycles. The van der Waals surface area contributed by atoms with Gasteiger partial charge in [0.2, 0.25) is 0 Å². The number of imidazole rings is 1. The maximum atomic E-state index is 5.34. The predicted molar refractivity (Wildman–Crippen MR) is 43.7 cm³/mol. The molecule has 0 atom stereocenters. The van der Waals surface area contributed by atoms with Crippen LogP contribution in [0.2, 0.25) is 0 Å². The van der Waals surface area contributed by atoms with Gasteiger partial charge in [0.25, 0.3) is 0 Å². The van der Waals surface area contributed by atoms with Crippen LogP contribution < -0.4 is 5.73 Å². The predicted octanol–water partition coefficient (Wildman–Crippen LogP) is 0.478. The Bertz CT molecular complexity index is 241. The number of hydrogen-bond donors (Lipinski definition) is 1. The minimum Gasteiger partial charge on any atom is -0.392 e. The van der Waals surface area contributed by atoms with Gasteiger partial charge in [-0.3, -0.25) is 0 Å². The molecule has 10 heavy (non-hydrogen) atoms. The molecule has 4 heteroatoms. The van der Waals surface area contributed by atoms with Crippen molar-refractivity contribution in [3.63, 3.8) is 0 Å². The third-order valence-electron chi connectivity index (χ3n) is 1.25. The fourth-order valence-electron chi connectivity index (χ4n) is 0.739. The first-order valence-electron chi connectivity index (χ1n) is 2.96. The van der Waals surface area contributed by atoms with Crippen LogP contribution in [0.15, 0.2) is 12.4 Å². The minimum absolute atomic E-state index is 0.487. The highest BCUT2D eigenvalue weighted by Crippen LogP contribution is 1.93. The summed E-state index contributed by atoms with van der Waals surface area (Å²) in [5.74, 6) is 0.938. The normalized spacial score (nSPS) is 9.70. The van der Waals surface area contributed by atoms with Gasteiger partial charge in [0.15, 0.2) is 0 Å². The van der Waals surface area contributed by atoms with Crippen molar-refractivity contribution < 1.29 is 0 Å². The summed E-state index contributed by atoms with van der Waals surface area (Å²) in [5.41, 5.74) is 5.34. The van der Waals surface area contributed by atoms with E-state index in [0.29, 0.717) is 11.5 Å². The van der Waals surface area contributed by atoms with E-state index in [4.69, 9.17) is 18.0 Å². The van der Waals surface area contributed by atoms with Crippen molar-refractivity contribution in [1.29, 1.82) is 0 Å². The molecule has 0 aliphatic heterocycles. The summed E-state index contributed by atoms with van der Waals surface area (Å²) in [6, 6.07) is 0. The van der Waals surface area contributed by atoms with Crippen molar-refractivity contribution in [3.8, 4) is 0 Å². The first-order valence-corrected chi connectivity index (χ1v) is 3.37. The second-order valence-corrected chi connectivity index (χ2v) is 2.59. The number of nitrogens with zero attached hydrogens (tertiary/aromatic N) is 2. The van der Waals surface area contributed by atoms with Gasteiger partial charge >= 0.3 is 0 Å². The molecule has 0 aliphatic carbocycles. The Morgan fingerprint density at radius 1 is 1.90 bits per heavy atom. The molecule has 0 unspecified atom stereocenters. The van der Waals surface area contributed by atoms with Crippen LogP contribution >= 0.6 is 12.2 Å². The van der Waals surface area contributed by atoms with E-state index >= 15 is 0 Å². The van der Waals surface area contributed by atoms with Gasteiger partial charge in [0.1, 0.15) is 5.82 Å². The van der Waals surface area contributed by atoms with Crippen LogP contribution in [-0.4, -0.2) is 14.5 Å². The number of aromatic nitrogens is 2. The van der Waals surface area contributed by atoms with Crippen molar-refractivity contribution in [2.24, 2.45) is 5.73 Å². The van der Waals surface area contributed by atoms with E-state index in [0.717, 1.165) is 5.82 Å². The van der Waals surface area contributed by atoms with E-state index in [9.17, 15) is 0 Å². The van der Waals surface area contributed by atoms with E-state index in [1.54, 1.807) is 6.20 Å². The van der Waals surface area contributed by atoms with E-state index in [1.165, 1.54) is 0 Å². The van der Waals surface area contributed by atoms with Crippen LogP contribution in [0.3, 0.4) is 0 Å². The summed E-state index contributed by atoms with van der Waals surface area (Å²) in [4.78, 5) is 4.50. The highest BCUT2D eigenvalue weighted by molar-refractivity contribution is 7.80. The molecule has 1 aromatic rings. The Kier molecular flexibility index (Phi) is 2.01. The topological polar surface area (TPSA) is 43.8 Å². The van der Waals surface area contributed by atoms with Gasteiger partial charge < -0.3 is 10.3 Å². The Morgan fingerprint density at radius 3 is 3.00 bits per heavy atom. The first-order chi connectivity index (χ1) is 4.70. The molecule has 0 fully saturated rings. The third-order valence-corrected chi connectivity index (χ3v) is 1.38. The summed E-state index contributed by atoms with van der Waals surface area (Å²) in [6.07, 6.45) is 3.59. The first kappa shape index (κ1) is 7.21. The van der Waals surface area contributed by atoms with Gasteiger partial charge in [-0.1, -0.05) is 12.2 Å². The monoisotopic (exact) mass is 155 g/mol. The van der Waals surface area contributed by atoms with Gasteiger partial charge in [-0.2, -0.15) is 0 Å². The SMILES string of the molecule is Cc1nccn1CC(N)=S. The van der Waals surface area contributed by atoms with Crippen LogP contribution in [0.4, 0.5) is 0 Å². The summed E-state index contributed by atoms with van der Waals surface area (Å²) in [7, 11) is 0. The zero-order valence-corrected chi connectivity index (χ0v) is 6.56. The van der Waals surface area contributed by atoms with Crippen LogP contribution in [0, 0.1) is 6.92 Å². The fourth-order valence-corrected chi connectivity index (χ4v) is 0.878. The Labute approximate surface area is 64.9 Å². The average molecular weight is 155 g/mol. The molecule has 1 heterocycles. The quantitative estimate of drug-likeness (QED) is 0.632. The number of aryl methyl sites for hydroxylation is 1. The van der Waals surface area contributed by atoms with Gasteiger partial charge in [-0.15, -0.1) is 0 Å². The van der Waals surface area contributed by atoms with Crippen LogP contribution in [0.25, 0.3) is 0 Å². The van der Waals surface area contributed by atoms with Crippen molar-refractivity contribution in [1.82, 2.24) is 9.55 Å². The van der Waals surface area contributed by atoms with Gasteiger partial charge in [-0.25, -0.2) is 4.98 Å². The standard InChI is InChI=1S/C6H9N3S/c1-5-8-2-3-9(5)4-6(7)10/h2-3H,4H2,1H3,(H2,7,10). The van der Waals surface area contributed by atoms with E-state index in [-0.39, 0.29) is 0 Å². The average Bonchev–Trinajstić information content (AvgIpc) is 2.15. The summed E-state index contributed by atoms with van der Waals surface area (Å²) in [6.45, 7) is 2.50. The molecule has 1 aromatic heterocycles. The van der Waals surface area contributed by atoms with Crippen molar-refractivity contribution in [2.45, 2.75) is 13.5 Å². The molecule has 0 amide bonds. The van der Waals surface area contributed by atoms with E-state index in [2.05, 4.69) is 4.98 Å². The van der Waals surface area contributed by atoms with Crippen LogP contribution in [0.5, 0.6) is 0 Å². The third kappa shape index (κ3) is 1.54. The number of hydrogen-bond acceptors (Lipinski definition) is 2. The van der Waals surface area contributed by atoms with Crippen LogP contribution in [0.1, 0.15) is 5.82 Å². The van der Waals surface area contributed by atoms with E-state index < -0.39 is 0 Å². The smallest absolute Gasteiger partial charge is 0.105 e. The molecule has 1 rings (SSSR count). The van der Waals surface area contributed by atoms with Crippen molar-refractivity contribution in [2.75, 3.05) is 0 Å². The molecule has 0 spiro atoms. The number of rotatable bonds is 2. The Balaban J connectivity index is 2.74. The van der Waals surface area contributed by atoms with Crippen LogP contribution in [-0.2, 0) is 6.54 Å². The molecule has 0 bridgehead atoms. The van der Waals surface area contributed by atoms with Gasteiger partial charge in [0.05, 0.1) is 11.5 Å². The molecule has 54 valence electrons. The largest absolute Gasteiger partial charge is 0.392 e. The molecule has 2 N–H and O–H groups in total. The Hall–Kier alpha value is -0.900. The minimum atomic E-state index is 0.487.